The largest absolute Gasteiger partial charge is 0.351 e. The summed E-state index contributed by atoms with van der Waals surface area (Å²) in [6.45, 7) is 7.06. The smallest absolute Gasteiger partial charge is 0.322 e. The van der Waals surface area contributed by atoms with E-state index in [-0.39, 0.29) is 11.9 Å². The average molecular weight is 316 g/mol. The number of rotatable bonds is 5. The Hall–Kier alpha value is -2.08. The molecule has 1 aromatic rings. The highest BCUT2D eigenvalue weighted by atomic mass is 16.2. The molecule has 0 radical (unpaired) electrons. The van der Waals surface area contributed by atoms with Crippen LogP contribution in [0.1, 0.15) is 28.8 Å². The van der Waals surface area contributed by atoms with Crippen molar-refractivity contribution in [1.82, 2.24) is 15.5 Å². The van der Waals surface area contributed by atoms with Gasteiger partial charge in [-0.15, -0.1) is 0 Å². The molecule has 0 unspecified atom stereocenters. The van der Waals surface area contributed by atoms with Crippen LogP contribution in [0.4, 0.5) is 10.5 Å². The molecule has 2 N–H and O–H groups in total. The van der Waals surface area contributed by atoms with Gasteiger partial charge in [-0.1, -0.05) is 6.07 Å². The lowest BCUT2D eigenvalue weighted by atomic mass is 10.1. The van der Waals surface area contributed by atoms with Gasteiger partial charge >= 0.3 is 6.03 Å². The van der Waals surface area contributed by atoms with Gasteiger partial charge in [-0.25, -0.2) is 4.79 Å². The Balaban J connectivity index is 1.62. The molecule has 0 atom stereocenters. The van der Waals surface area contributed by atoms with Crippen LogP contribution in [0.2, 0.25) is 0 Å². The summed E-state index contributed by atoms with van der Waals surface area (Å²) < 4.78 is 0. The van der Waals surface area contributed by atoms with E-state index in [1.807, 2.05) is 25.1 Å². The van der Waals surface area contributed by atoms with Gasteiger partial charge in [0, 0.05) is 37.4 Å². The first-order valence-corrected chi connectivity index (χ1v) is 8.32. The SMILES string of the molecule is Cc1ccc(C(=O)NCCN2CCCC2)cc1N1CCNC1=O. The maximum Gasteiger partial charge on any atom is 0.322 e. The van der Waals surface area contributed by atoms with Crippen molar-refractivity contribution < 1.29 is 9.59 Å². The number of hydrogen-bond acceptors (Lipinski definition) is 3. The van der Waals surface area contributed by atoms with Crippen molar-refractivity contribution in [3.8, 4) is 0 Å². The van der Waals surface area contributed by atoms with E-state index in [2.05, 4.69) is 15.5 Å². The maximum absolute atomic E-state index is 12.3. The second-order valence-electron chi connectivity index (χ2n) is 6.19. The minimum Gasteiger partial charge on any atom is -0.351 e. The average Bonchev–Trinajstić information content (AvgIpc) is 3.19. The third-order valence-corrected chi connectivity index (χ3v) is 4.53. The number of hydrogen-bond donors (Lipinski definition) is 2. The van der Waals surface area contributed by atoms with Crippen molar-refractivity contribution in [1.29, 1.82) is 0 Å². The van der Waals surface area contributed by atoms with Gasteiger partial charge in [0.05, 0.1) is 0 Å². The molecule has 124 valence electrons. The molecule has 2 aliphatic rings. The number of likely N-dealkylation sites (tertiary alicyclic amines) is 1. The van der Waals surface area contributed by atoms with Crippen molar-refractivity contribution in [2.75, 3.05) is 44.2 Å². The first kappa shape index (κ1) is 15.8. The number of carbonyl (C=O) groups excluding carboxylic acids is 2. The molecule has 2 heterocycles. The van der Waals surface area contributed by atoms with E-state index in [9.17, 15) is 9.59 Å². The second kappa shape index (κ2) is 7.00. The minimum atomic E-state index is -0.0975. The zero-order valence-corrected chi connectivity index (χ0v) is 13.6. The van der Waals surface area contributed by atoms with Crippen LogP contribution in [-0.4, -0.2) is 56.1 Å². The molecule has 6 heteroatoms. The quantitative estimate of drug-likeness (QED) is 0.862. The van der Waals surface area contributed by atoms with Gasteiger partial charge in [-0.05, 0) is 50.6 Å². The molecule has 2 fully saturated rings. The van der Waals surface area contributed by atoms with Crippen LogP contribution >= 0.6 is 0 Å². The molecule has 0 saturated carbocycles. The number of urea groups is 1. The molecule has 3 amide bonds. The predicted octanol–water partition coefficient (Wildman–Crippen LogP) is 1.35. The van der Waals surface area contributed by atoms with Crippen LogP contribution in [0.5, 0.6) is 0 Å². The highest BCUT2D eigenvalue weighted by Gasteiger charge is 2.23. The van der Waals surface area contributed by atoms with Crippen molar-refractivity contribution in [3.63, 3.8) is 0 Å². The summed E-state index contributed by atoms with van der Waals surface area (Å²) in [5.74, 6) is -0.0787. The zero-order valence-electron chi connectivity index (χ0n) is 13.6. The molecular formula is C17H24N4O2. The molecule has 0 spiro atoms. The van der Waals surface area contributed by atoms with Gasteiger partial charge in [-0.2, -0.15) is 0 Å². The van der Waals surface area contributed by atoms with Crippen molar-refractivity contribution in [3.05, 3.63) is 29.3 Å². The van der Waals surface area contributed by atoms with Crippen LogP contribution in [0, 0.1) is 6.92 Å². The normalized spacial score (nSPS) is 18.3. The number of anilines is 1. The summed E-state index contributed by atoms with van der Waals surface area (Å²) >= 11 is 0. The Bertz CT molecular complexity index is 596. The molecule has 2 aliphatic heterocycles. The molecule has 0 aliphatic carbocycles. The fraction of sp³-hybridized carbons (Fsp3) is 0.529. The Morgan fingerprint density at radius 3 is 2.74 bits per heavy atom. The fourth-order valence-corrected chi connectivity index (χ4v) is 3.18. The Kier molecular flexibility index (Phi) is 4.81. The zero-order chi connectivity index (χ0) is 16.2. The molecule has 23 heavy (non-hydrogen) atoms. The van der Waals surface area contributed by atoms with E-state index in [0.717, 1.165) is 30.9 Å². The van der Waals surface area contributed by atoms with E-state index in [1.165, 1.54) is 12.8 Å². The summed E-state index contributed by atoms with van der Waals surface area (Å²) in [6.07, 6.45) is 2.51. The number of nitrogens with one attached hydrogen (secondary N) is 2. The van der Waals surface area contributed by atoms with Gasteiger partial charge in [0.25, 0.3) is 5.91 Å². The van der Waals surface area contributed by atoms with Crippen LogP contribution in [-0.2, 0) is 0 Å². The van der Waals surface area contributed by atoms with Crippen LogP contribution in [0.3, 0.4) is 0 Å². The van der Waals surface area contributed by atoms with Crippen molar-refractivity contribution in [2.24, 2.45) is 0 Å². The maximum atomic E-state index is 12.3. The van der Waals surface area contributed by atoms with Crippen LogP contribution in [0.15, 0.2) is 18.2 Å². The molecule has 1 aromatic carbocycles. The highest BCUT2D eigenvalue weighted by Crippen LogP contribution is 2.23. The standard InChI is InChI=1S/C17H24N4O2/c1-13-4-5-14(12-15(13)21-11-7-19-17(21)23)16(22)18-6-10-20-8-2-3-9-20/h4-5,12H,2-3,6-11H2,1H3,(H,18,22)(H,19,23). The summed E-state index contributed by atoms with van der Waals surface area (Å²) in [4.78, 5) is 28.2. The van der Waals surface area contributed by atoms with Crippen molar-refractivity contribution >= 4 is 17.6 Å². The minimum absolute atomic E-state index is 0.0787. The summed E-state index contributed by atoms with van der Waals surface area (Å²) in [5, 5.41) is 5.77. The second-order valence-corrected chi connectivity index (χ2v) is 6.19. The monoisotopic (exact) mass is 316 g/mol. The Morgan fingerprint density at radius 2 is 2.04 bits per heavy atom. The van der Waals surface area contributed by atoms with Gasteiger partial charge in [0.2, 0.25) is 0 Å². The van der Waals surface area contributed by atoms with Gasteiger partial charge in [0.1, 0.15) is 0 Å². The van der Waals surface area contributed by atoms with E-state index >= 15 is 0 Å². The summed E-state index contributed by atoms with van der Waals surface area (Å²) in [5.41, 5.74) is 2.41. The van der Waals surface area contributed by atoms with Crippen LogP contribution in [0.25, 0.3) is 0 Å². The van der Waals surface area contributed by atoms with Gasteiger partial charge < -0.3 is 15.5 Å². The van der Waals surface area contributed by atoms with E-state index in [0.29, 0.717) is 25.2 Å². The highest BCUT2D eigenvalue weighted by molar-refractivity contribution is 5.99. The van der Waals surface area contributed by atoms with Gasteiger partial charge in [0.15, 0.2) is 0 Å². The number of aryl methyl sites for hydroxylation is 1. The number of carbonyl (C=O) groups is 2. The van der Waals surface area contributed by atoms with Crippen LogP contribution < -0.4 is 15.5 Å². The van der Waals surface area contributed by atoms with E-state index < -0.39 is 0 Å². The molecular weight excluding hydrogens is 292 g/mol. The third-order valence-electron chi connectivity index (χ3n) is 4.53. The molecule has 0 bridgehead atoms. The summed E-state index contributed by atoms with van der Waals surface area (Å²) in [6, 6.07) is 5.43. The Morgan fingerprint density at radius 1 is 1.26 bits per heavy atom. The number of nitrogens with zero attached hydrogens (tertiary/aromatic N) is 2. The topological polar surface area (TPSA) is 64.7 Å². The molecule has 0 aromatic heterocycles. The first-order chi connectivity index (χ1) is 11.1. The molecule has 6 nitrogen and oxygen atoms in total. The Labute approximate surface area is 136 Å². The van der Waals surface area contributed by atoms with E-state index in [4.69, 9.17) is 0 Å². The first-order valence-electron chi connectivity index (χ1n) is 8.32. The molecule has 3 rings (SSSR count). The lowest BCUT2D eigenvalue weighted by Crippen LogP contribution is -2.33. The number of amides is 3. The van der Waals surface area contributed by atoms with Gasteiger partial charge in [-0.3, -0.25) is 9.69 Å². The lowest BCUT2D eigenvalue weighted by molar-refractivity contribution is 0.0949. The predicted molar refractivity (Wildman–Crippen MR) is 89.9 cm³/mol. The van der Waals surface area contributed by atoms with Crippen molar-refractivity contribution in [2.45, 2.75) is 19.8 Å². The number of benzene rings is 1. The third kappa shape index (κ3) is 3.64. The van der Waals surface area contributed by atoms with E-state index in [1.54, 1.807) is 4.90 Å². The fourth-order valence-electron chi connectivity index (χ4n) is 3.18. The summed E-state index contributed by atoms with van der Waals surface area (Å²) in [7, 11) is 0. The molecule has 2 saturated heterocycles. The lowest BCUT2D eigenvalue weighted by Gasteiger charge is -2.18.